The lowest BCUT2D eigenvalue weighted by Crippen LogP contribution is -2.58. The number of aliphatic imine (C=N–C) groups is 1. The van der Waals surface area contributed by atoms with E-state index in [0.717, 1.165) is 0 Å². The highest BCUT2D eigenvalue weighted by Gasteiger charge is 2.32. The third-order valence-corrected chi connectivity index (χ3v) is 6.17. The van der Waals surface area contributed by atoms with Gasteiger partial charge in [0.05, 0.1) is 12.5 Å². The Hall–Kier alpha value is -4.40. The van der Waals surface area contributed by atoms with Gasteiger partial charge in [0.2, 0.25) is 23.6 Å². The molecule has 5 unspecified atom stereocenters. The monoisotopic (exact) mass is 564 g/mol. The van der Waals surface area contributed by atoms with Crippen LogP contribution in [-0.4, -0.2) is 76.5 Å². The molecular formula is C25H40N8O7. The molecule has 0 aliphatic carbocycles. The number of benzene rings is 1. The molecule has 15 nitrogen and oxygen atoms in total. The Bertz CT molecular complexity index is 1060. The highest BCUT2D eigenvalue weighted by molar-refractivity contribution is 5.96. The van der Waals surface area contributed by atoms with Gasteiger partial charge < -0.3 is 49.1 Å². The molecule has 222 valence electrons. The van der Waals surface area contributed by atoms with E-state index in [2.05, 4.69) is 20.9 Å². The fraction of sp³-hybridized carbons (Fsp3) is 0.520. The number of amides is 4. The van der Waals surface area contributed by atoms with Crippen molar-refractivity contribution in [1.82, 2.24) is 16.0 Å². The van der Waals surface area contributed by atoms with Crippen molar-refractivity contribution in [1.29, 1.82) is 0 Å². The molecule has 13 N–H and O–H groups in total. The number of aromatic hydroxyl groups is 1. The summed E-state index contributed by atoms with van der Waals surface area (Å²) in [7, 11) is 0. The summed E-state index contributed by atoms with van der Waals surface area (Å²) in [6.07, 6.45) is 0.147. The lowest BCUT2D eigenvalue weighted by atomic mass is 9.98. The van der Waals surface area contributed by atoms with Crippen molar-refractivity contribution < 1.29 is 34.2 Å². The molecule has 4 amide bonds. The van der Waals surface area contributed by atoms with Gasteiger partial charge in [0.1, 0.15) is 23.9 Å². The highest BCUT2D eigenvalue weighted by Crippen LogP contribution is 2.13. The summed E-state index contributed by atoms with van der Waals surface area (Å²) in [5.41, 5.74) is 22.3. The molecule has 1 aromatic carbocycles. The number of phenols is 1. The van der Waals surface area contributed by atoms with Crippen molar-refractivity contribution in [3.05, 3.63) is 29.8 Å². The largest absolute Gasteiger partial charge is 0.508 e. The molecule has 0 heterocycles. The SMILES string of the molecule is CCC(C)C(N)C(=O)NC(CC(N)=O)C(=O)NC(Cc1ccc(O)cc1)C(=O)NC(CCCN=C(N)N)C(=O)O. The molecule has 0 spiro atoms. The van der Waals surface area contributed by atoms with Crippen LogP contribution in [0.15, 0.2) is 29.3 Å². The summed E-state index contributed by atoms with van der Waals surface area (Å²) in [6, 6.07) is 0.732. The summed E-state index contributed by atoms with van der Waals surface area (Å²) in [6.45, 7) is 3.73. The van der Waals surface area contributed by atoms with E-state index in [1.807, 2.05) is 6.92 Å². The normalized spacial score (nSPS) is 14.5. The van der Waals surface area contributed by atoms with Gasteiger partial charge in [-0.1, -0.05) is 32.4 Å². The fourth-order valence-electron chi connectivity index (χ4n) is 3.57. The summed E-state index contributed by atoms with van der Waals surface area (Å²) in [5.74, 6) is -5.02. The van der Waals surface area contributed by atoms with Crippen molar-refractivity contribution >= 4 is 35.6 Å². The van der Waals surface area contributed by atoms with Crippen LogP contribution in [0.2, 0.25) is 0 Å². The maximum atomic E-state index is 13.2. The topological polar surface area (TPSA) is 278 Å². The molecule has 40 heavy (non-hydrogen) atoms. The summed E-state index contributed by atoms with van der Waals surface area (Å²) >= 11 is 0. The third kappa shape index (κ3) is 12.0. The Morgan fingerprint density at radius 1 is 0.900 bits per heavy atom. The first kappa shape index (κ1) is 33.6. The minimum atomic E-state index is -1.44. The molecule has 0 radical (unpaired) electrons. The van der Waals surface area contributed by atoms with Crippen LogP contribution < -0.4 is 38.9 Å². The second-order valence-corrected chi connectivity index (χ2v) is 9.42. The zero-order valence-electron chi connectivity index (χ0n) is 22.6. The minimum Gasteiger partial charge on any atom is -0.508 e. The highest BCUT2D eigenvalue weighted by atomic mass is 16.4. The first-order chi connectivity index (χ1) is 18.7. The van der Waals surface area contributed by atoms with Gasteiger partial charge in [0, 0.05) is 13.0 Å². The molecule has 0 saturated heterocycles. The Morgan fingerprint density at radius 3 is 1.98 bits per heavy atom. The van der Waals surface area contributed by atoms with E-state index < -0.39 is 60.2 Å². The van der Waals surface area contributed by atoms with Gasteiger partial charge in [-0.2, -0.15) is 0 Å². The number of nitrogens with one attached hydrogen (secondary N) is 3. The van der Waals surface area contributed by atoms with Crippen LogP contribution in [0.5, 0.6) is 5.75 Å². The van der Waals surface area contributed by atoms with E-state index in [-0.39, 0.29) is 43.4 Å². The zero-order chi connectivity index (χ0) is 30.4. The number of hydrogen-bond acceptors (Lipinski definition) is 8. The van der Waals surface area contributed by atoms with Crippen LogP contribution in [0.3, 0.4) is 0 Å². The standard InChI is InChI=1S/C25H40N8O7/c1-3-13(2)20(27)23(38)33-18(12-19(26)35)22(37)32-17(11-14-6-8-15(34)9-7-14)21(36)31-16(24(39)40)5-4-10-30-25(28)29/h6-9,13,16-18,20,34H,3-5,10-12,27H2,1-2H3,(H2,26,35)(H,31,36)(H,32,37)(H,33,38)(H,39,40)(H4,28,29,30). The minimum absolute atomic E-state index is 0.00834. The van der Waals surface area contributed by atoms with Crippen molar-refractivity contribution in [2.75, 3.05) is 6.54 Å². The third-order valence-electron chi connectivity index (χ3n) is 6.17. The van der Waals surface area contributed by atoms with Crippen molar-refractivity contribution in [3.8, 4) is 5.75 Å². The van der Waals surface area contributed by atoms with Gasteiger partial charge in [-0.05, 0) is 36.5 Å². The van der Waals surface area contributed by atoms with Gasteiger partial charge in [0.15, 0.2) is 5.96 Å². The van der Waals surface area contributed by atoms with Crippen molar-refractivity contribution in [2.45, 2.75) is 70.1 Å². The van der Waals surface area contributed by atoms with E-state index in [1.54, 1.807) is 6.92 Å². The predicted molar refractivity (Wildman–Crippen MR) is 146 cm³/mol. The molecule has 15 heteroatoms. The Balaban J connectivity index is 3.16. The van der Waals surface area contributed by atoms with E-state index in [4.69, 9.17) is 22.9 Å². The van der Waals surface area contributed by atoms with Gasteiger partial charge in [-0.15, -0.1) is 0 Å². The smallest absolute Gasteiger partial charge is 0.326 e. The molecular weight excluding hydrogens is 524 g/mol. The van der Waals surface area contributed by atoms with E-state index >= 15 is 0 Å². The van der Waals surface area contributed by atoms with E-state index in [0.29, 0.717) is 12.0 Å². The number of nitrogens with two attached hydrogens (primary N) is 4. The van der Waals surface area contributed by atoms with Crippen LogP contribution in [0.1, 0.15) is 45.1 Å². The number of carbonyl (C=O) groups is 5. The second kappa shape index (κ2) is 16.5. The van der Waals surface area contributed by atoms with Gasteiger partial charge in [0.25, 0.3) is 0 Å². The summed E-state index contributed by atoms with van der Waals surface area (Å²) in [4.78, 5) is 66.2. The number of carbonyl (C=O) groups excluding carboxylic acids is 4. The Kier molecular flexibility index (Phi) is 13.9. The Labute approximate surface area is 232 Å². The number of carboxylic acid groups (broad SMARTS) is 1. The van der Waals surface area contributed by atoms with Crippen molar-refractivity contribution in [2.24, 2.45) is 33.8 Å². The number of hydrogen-bond donors (Lipinski definition) is 9. The van der Waals surface area contributed by atoms with Crippen LogP contribution in [-0.2, 0) is 30.4 Å². The number of nitrogens with zero attached hydrogens (tertiary/aromatic N) is 1. The molecule has 0 aliphatic rings. The molecule has 0 aliphatic heterocycles. The first-order valence-electron chi connectivity index (χ1n) is 12.8. The van der Waals surface area contributed by atoms with E-state index in [1.165, 1.54) is 24.3 Å². The number of aliphatic carboxylic acids is 1. The second-order valence-electron chi connectivity index (χ2n) is 9.42. The molecule has 1 aromatic rings. The molecule has 0 aromatic heterocycles. The average Bonchev–Trinajstić information content (AvgIpc) is 2.88. The van der Waals surface area contributed by atoms with Gasteiger partial charge >= 0.3 is 5.97 Å². The van der Waals surface area contributed by atoms with Crippen LogP contribution in [0, 0.1) is 5.92 Å². The number of carboxylic acids is 1. The fourth-order valence-corrected chi connectivity index (χ4v) is 3.57. The van der Waals surface area contributed by atoms with Gasteiger partial charge in [-0.25, -0.2) is 4.79 Å². The van der Waals surface area contributed by atoms with Crippen LogP contribution in [0.4, 0.5) is 0 Å². The molecule has 0 saturated carbocycles. The molecule has 0 bridgehead atoms. The average molecular weight is 565 g/mol. The van der Waals surface area contributed by atoms with E-state index in [9.17, 15) is 34.2 Å². The van der Waals surface area contributed by atoms with Crippen molar-refractivity contribution in [3.63, 3.8) is 0 Å². The maximum absolute atomic E-state index is 13.2. The first-order valence-corrected chi connectivity index (χ1v) is 12.8. The lowest BCUT2D eigenvalue weighted by molar-refractivity contribution is -0.142. The maximum Gasteiger partial charge on any atom is 0.326 e. The van der Waals surface area contributed by atoms with Crippen LogP contribution >= 0.6 is 0 Å². The van der Waals surface area contributed by atoms with Crippen LogP contribution in [0.25, 0.3) is 0 Å². The molecule has 0 fully saturated rings. The number of phenolic OH excluding ortho intramolecular Hbond substituents is 1. The quantitative estimate of drug-likeness (QED) is 0.0558. The Morgan fingerprint density at radius 2 is 1.45 bits per heavy atom. The molecule has 5 atom stereocenters. The number of primary amides is 1. The van der Waals surface area contributed by atoms with Gasteiger partial charge in [-0.3, -0.25) is 24.2 Å². The zero-order valence-corrected chi connectivity index (χ0v) is 22.6. The molecule has 1 rings (SSSR count). The number of guanidine groups is 1. The number of rotatable bonds is 17. The lowest BCUT2D eigenvalue weighted by Gasteiger charge is -2.26. The summed E-state index contributed by atoms with van der Waals surface area (Å²) < 4.78 is 0. The predicted octanol–water partition coefficient (Wildman–Crippen LogP) is -2.22. The summed E-state index contributed by atoms with van der Waals surface area (Å²) in [5, 5.41) is 26.4.